The van der Waals surface area contributed by atoms with Crippen molar-refractivity contribution in [3.8, 4) is 0 Å². The first-order chi connectivity index (χ1) is 9.67. The van der Waals surface area contributed by atoms with E-state index < -0.39 is 5.41 Å². The van der Waals surface area contributed by atoms with Gasteiger partial charge in [0.05, 0.1) is 0 Å². The molecule has 0 aromatic rings. The van der Waals surface area contributed by atoms with E-state index in [2.05, 4.69) is 10.1 Å². The van der Waals surface area contributed by atoms with Crippen LogP contribution in [0.1, 0.15) is 57.8 Å². The molecule has 5 nitrogen and oxygen atoms in total. The third-order valence-corrected chi connectivity index (χ3v) is 5.11. The molecule has 3 aliphatic carbocycles. The molecule has 0 unspecified atom stereocenters. The van der Waals surface area contributed by atoms with Crippen molar-refractivity contribution in [1.29, 1.82) is 0 Å². The van der Waals surface area contributed by atoms with E-state index in [9.17, 15) is 4.79 Å². The third-order valence-electron chi connectivity index (χ3n) is 5.11. The van der Waals surface area contributed by atoms with E-state index in [1.54, 1.807) is 0 Å². The van der Waals surface area contributed by atoms with Crippen LogP contribution in [0.3, 0.4) is 0 Å². The summed E-state index contributed by atoms with van der Waals surface area (Å²) in [6.07, 6.45) is 9.30. The quantitative estimate of drug-likeness (QED) is 0.350. The highest BCUT2D eigenvalue weighted by Crippen LogP contribution is 2.42. The molecule has 3 aliphatic rings. The smallest absolute Gasteiger partial charge is 0.236 e. The Labute approximate surface area is 120 Å². The number of carbonyl (C=O) groups excluding carboxylic acids is 1. The summed E-state index contributed by atoms with van der Waals surface area (Å²) in [5.74, 6) is 0.943. The Bertz CT molecular complexity index is 407. The normalized spacial score (nSPS) is 26.3. The fourth-order valence-electron chi connectivity index (χ4n) is 3.47. The van der Waals surface area contributed by atoms with Crippen molar-refractivity contribution in [1.82, 2.24) is 4.90 Å². The average molecular weight is 279 g/mol. The van der Waals surface area contributed by atoms with Crippen LogP contribution in [-0.4, -0.2) is 34.4 Å². The molecule has 3 saturated carbocycles. The molecule has 3 rings (SSSR count). The third kappa shape index (κ3) is 2.50. The van der Waals surface area contributed by atoms with Gasteiger partial charge >= 0.3 is 0 Å². The van der Waals surface area contributed by atoms with Gasteiger partial charge in [-0.3, -0.25) is 4.79 Å². The number of nitrogens with zero attached hydrogens (tertiary/aromatic N) is 2. The van der Waals surface area contributed by atoms with Crippen LogP contribution in [0.4, 0.5) is 0 Å². The van der Waals surface area contributed by atoms with Gasteiger partial charge in [-0.25, -0.2) is 0 Å². The second-order valence-electron chi connectivity index (χ2n) is 6.76. The van der Waals surface area contributed by atoms with Crippen LogP contribution in [0.25, 0.3) is 0 Å². The molecule has 0 atom stereocenters. The minimum Gasteiger partial charge on any atom is -0.409 e. The standard InChI is InChI=1S/C15H25N3O2/c16-13(17-20)15(8-2-1-3-9-15)14(19)18(12-6-7-12)10-11-4-5-11/h11-12,20H,1-10H2,(H2,16,17). The van der Waals surface area contributed by atoms with Gasteiger partial charge in [0.1, 0.15) is 5.41 Å². The first kappa shape index (κ1) is 13.7. The van der Waals surface area contributed by atoms with Crippen LogP contribution in [0.2, 0.25) is 0 Å². The second kappa shape index (κ2) is 5.26. The van der Waals surface area contributed by atoms with E-state index in [0.29, 0.717) is 12.0 Å². The molecule has 0 aromatic heterocycles. The zero-order valence-electron chi connectivity index (χ0n) is 12.1. The molecule has 112 valence electrons. The van der Waals surface area contributed by atoms with Crippen molar-refractivity contribution in [3.05, 3.63) is 0 Å². The van der Waals surface area contributed by atoms with Crippen LogP contribution in [0, 0.1) is 11.3 Å². The first-order valence-corrected chi connectivity index (χ1v) is 7.96. The summed E-state index contributed by atoms with van der Waals surface area (Å²) in [7, 11) is 0. The first-order valence-electron chi connectivity index (χ1n) is 7.96. The Morgan fingerprint density at radius 1 is 1.20 bits per heavy atom. The van der Waals surface area contributed by atoms with Gasteiger partial charge in [-0.15, -0.1) is 0 Å². The number of hydrogen-bond acceptors (Lipinski definition) is 3. The highest BCUT2D eigenvalue weighted by molar-refractivity contribution is 6.07. The Morgan fingerprint density at radius 3 is 2.35 bits per heavy atom. The fourth-order valence-corrected chi connectivity index (χ4v) is 3.47. The van der Waals surface area contributed by atoms with Crippen molar-refractivity contribution in [3.63, 3.8) is 0 Å². The van der Waals surface area contributed by atoms with Gasteiger partial charge in [0, 0.05) is 12.6 Å². The van der Waals surface area contributed by atoms with Crippen molar-refractivity contribution >= 4 is 11.7 Å². The number of oxime groups is 1. The zero-order valence-corrected chi connectivity index (χ0v) is 12.1. The van der Waals surface area contributed by atoms with Gasteiger partial charge in [0.2, 0.25) is 5.91 Å². The molecule has 0 bridgehead atoms. The summed E-state index contributed by atoms with van der Waals surface area (Å²) < 4.78 is 0. The van der Waals surface area contributed by atoms with Gasteiger partial charge in [-0.05, 0) is 44.4 Å². The average Bonchev–Trinajstić information content (AvgIpc) is 3.37. The number of rotatable bonds is 5. The molecular formula is C15H25N3O2. The summed E-state index contributed by atoms with van der Waals surface area (Å²) in [5.41, 5.74) is 5.21. The highest BCUT2D eigenvalue weighted by atomic mass is 16.4. The van der Waals surface area contributed by atoms with E-state index in [1.165, 1.54) is 12.8 Å². The summed E-state index contributed by atoms with van der Waals surface area (Å²) in [5, 5.41) is 12.3. The number of amides is 1. The van der Waals surface area contributed by atoms with Crippen molar-refractivity contribution in [2.75, 3.05) is 6.54 Å². The zero-order chi connectivity index (χ0) is 14.2. The predicted molar refractivity (Wildman–Crippen MR) is 76.4 cm³/mol. The predicted octanol–water partition coefficient (Wildman–Crippen LogP) is 2.08. The molecule has 0 heterocycles. The summed E-state index contributed by atoms with van der Waals surface area (Å²) >= 11 is 0. The lowest BCUT2D eigenvalue weighted by Crippen LogP contribution is -2.53. The monoisotopic (exact) mass is 279 g/mol. The molecule has 0 aliphatic heterocycles. The molecule has 5 heteroatoms. The Hall–Kier alpha value is -1.26. The van der Waals surface area contributed by atoms with E-state index in [-0.39, 0.29) is 11.7 Å². The maximum atomic E-state index is 13.1. The van der Waals surface area contributed by atoms with E-state index >= 15 is 0 Å². The lowest BCUT2D eigenvalue weighted by molar-refractivity contribution is -0.140. The minimum atomic E-state index is -0.732. The van der Waals surface area contributed by atoms with Crippen LogP contribution < -0.4 is 5.73 Å². The molecule has 0 radical (unpaired) electrons. The molecule has 3 fully saturated rings. The molecular weight excluding hydrogens is 254 g/mol. The van der Waals surface area contributed by atoms with Crippen LogP contribution in [-0.2, 0) is 4.79 Å². The molecule has 3 N–H and O–H groups in total. The highest BCUT2D eigenvalue weighted by Gasteiger charge is 2.49. The number of carbonyl (C=O) groups is 1. The van der Waals surface area contributed by atoms with Gasteiger partial charge in [-0.1, -0.05) is 24.4 Å². The topological polar surface area (TPSA) is 78.9 Å². The lowest BCUT2D eigenvalue weighted by atomic mass is 9.72. The summed E-state index contributed by atoms with van der Waals surface area (Å²) in [4.78, 5) is 15.2. The maximum Gasteiger partial charge on any atom is 0.236 e. The van der Waals surface area contributed by atoms with Crippen LogP contribution in [0.5, 0.6) is 0 Å². The second-order valence-corrected chi connectivity index (χ2v) is 6.76. The molecule has 0 spiro atoms. The Balaban J connectivity index is 1.82. The van der Waals surface area contributed by atoms with E-state index in [4.69, 9.17) is 10.9 Å². The van der Waals surface area contributed by atoms with Crippen molar-refractivity contribution in [2.45, 2.75) is 63.8 Å². The molecule has 0 aromatic carbocycles. The molecule has 0 saturated heterocycles. The minimum absolute atomic E-state index is 0.127. The van der Waals surface area contributed by atoms with Crippen LogP contribution in [0.15, 0.2) is 5.16 Å². The van der Waals surface area contributed by atoms with Crippen LogP contribution >= 0.6 is 0 Å². The number of amidine groups is 1. The van der Waals surface area contributed by atoms with Crippen molar-refractivity contribution in [2.24, 2.45) is 22.2 Å². The largest absolute Gasteiger partial charge is 0.409 e. The SMILES string of the molecule is NC(=NO)C1(C(=O)N(CC2CC2)C2CC2)CCCCC1. The van der Waals surface area contributed by atoms with Crippen molar-refractivity contribution < 1.29 is 10.0 Å². The molecule has 20 heavy (non-hydrogen) atoms. The molecule has 1 amide bonds. The number of hydrogen-bond donors (Lipinski definition) is 2. The summed E-state index contributed by atoms with van der Waals surface area (Å²) in [6, 6.07) is 0.411. The van der Waals surface area contributed by atoms with Gasteiger partial charge in [0.15, 0.2) is 5.84 Å². The lowest BCUT2D eigenvalue weighted by Gasteiger charge is -2.39. The Morgan fingerprint density at radius 2 is 1.85 bits per heavy atom. The maximum absolute atomic E-state index is 13.1. The van der Waals surface area contributed by atoms with Gasteiger partial charge in [-0.2, -0.15) is 0 Å². The fraction of sp³-hybridized carbons (Fsp3) is 0.867. The Kier molecular flexibility index (Phi) is 3.61. The van der Waals surface area contributed by atoms with E-state index in [1.807, 2.05) is 0 Å². The van der Waals surface area contributed by atoms with Gasteiger partial charge in [0.25, 0.3) is 0 Å². The van der Waals surface area contributed by atoms with Gasteiger partial charge < -0.3 is 15.8 Å². The summed E-state index contributed by atoms with van der Waals surface area (Å²) in [6.45, 7) is 0.879. The number of nitrogens with two attached hydrogens (primary N) is 1. The van der Waals surface area contributed by atoms with E-state index in [0.717, 1.165) is 51.5 Å².